The van der Waals surface area contributed by atoms with E-state index in [0.29, 0.717) is 52.6 Å². The van der Waals surface area contributed by atoms with Gasteiger partial charge in [-0.2, -0.15) is 0 Å². The number of rotatable bonds is 9. The number of ether oxygens (including phenoxy) is 2. The standard InChI is InChI=1S/C27H28N6O5S/c1-37-20-13-17(14-21(16-20)38-2)29-26-27(31-23-10-4-3-9-22(23)30-26)33(39(35)36)19-8-5-7-18(15-19)32-12-6-11-24(32)25(28)34/h3-5,7-10,13-16,24H,6,11-12H2,1-2H3,(H2,28,34)(H,29,30)(H,35,36)/p-1/t24-/m0/s1. The van der Waals surface area contributed by atoms with Gasteiger partial charge in [-0.25, -0.2) is 9.97 Å². The maximum absolute atomic E-state index is 12.7. The van der Waals surface area contributed by atoms with Crippen LogP contribution in [0, 0.1) is 0 Å². The number of carbonyl (C=O) groups excluding carboxylic acids is 1. The lowest BCUT2D eigenvalue weighted by molar-refractivity contribution is -0.119. The van der Waals surface area contributed by atoms with Crippen LogP contribution in [0.3, 0.4) is 0 Å². The lowest BCUT2D eigenvalue weighted by Gasteiger charge is -2.29. The number of fused-ring (bicyclic) bond motifs is 1. The quantitative estimate of drug-likeness (QED) is 0.299. The van der Waals surface area contributed by atoms with Crippen molar-refractivity contribution in [2.45, 2.75) is 18.9 Å². The van der Waals surface area contributed by atoms with Gasteiger partial charge in [0, 0.05) is 36.1 Å². The summed E-state index contributed by atoms with van der Waals surface area (Å²) in [6.45, 7) is 0.637. The predicted octanol–water partition coefficient (Wildman–Crippen LogP) is 3.78. The molecule has 12 heteroatoms. The largest absolute Gasteiger partial charge is 0.755 e. The fourth-order valence-electron chi connectivity index (χ4n) is 4.68. The summed E-state index contributed by atoms with van der Waals surface area (Å²) in [6.07, 6.45) is 1.45. The van der Waals surface area contributed by atoms with E-state index in [1.165, 1.54) is 14.2 Å². The van der Waals surface area contributed by atoms with Gasteiger partial charge in [0.2, 0.25) is 5.91 Å². The van der Waals surface area contributed by atoms with Crippen LogP contribution in [0.4, 0.5) is 28.7 Å². The summed E-state index contributed by atoms with van der Waals surface area (Å²) >= 11 is -2.77. The Morgan fingerprint density at radius 2 is 1.74 bits per heavy atom. The van der Waals surface area contributed by atoms with Gasteiger partial charge in [0.25, 0.3) is 0 Å². The third-order valence-corrected chi connectivity index (χ3v) is 7.17. The number of aromatic nitrogens is 2. The van der Waals surface area contributed by atoms with Crippen molar-refractivity contribution in [2.24, 2.45) is 5.73 Å². The fourth-order valence-corrected chi connectivity index (χ4v) is 5.24. The molecule has 3 N–H and O–H groups in total. The molecule has 0 spiro atoms. The van der Waals surface area contributed by atoms with E-state index in [0.717, 1.165) is 10.7 Å². The highest BCUT2D eigenvalue weighted by Crippen LogP contribution is 2.37. The van der Waals surface area contributed by atoms with Crippen LogP contribution < -0.4 is 29.7 Å². The molecule has 0 aliphatic carbocycles. The predicted molar refractivity (Wildman–Crippen MR) is 149 cm³/mol. The lowest BCUT2D eigenvalue weighted by Crippen LogP contribution is -2.40. The van der Waals surface area contributed by atoms with Gasteiger partial charge in [-0.05, 0) is 43.2 Å². The van der Waals surface area contributed by atoms with Crippen molar-refractivity contribution < 1.29 is 23.0 Å². The topological polar surface area (TPSA) is 146 Å². The number of primary amides is 1. The maximum Gasteiger partial charge on any atom is 0.240 e. The molecule has 5 rings (SSSR count). The smallest absolute Gasteiger partial charge is 0.240 e. The molecular formula is C27H27N6O5S-. The summed E-state index contributed by atoms with van der Waals surface area (Å²) in [6, 6.07) is 18.8. The number of anilines is 5. The summed E-state index contributed by atoms with van der Waals surface area (Å²) in [5, 5.41) is 3.19. The van der Waals surface area contributed by atoms with E-state index >= 15 is 0 Å². The average Bonchev–Trinajstić information content (AvgIpc) is 3.44. The monoisotopic (exact) mass is 547 g/mol. The van der Waals surface area contributed by atoms with E-state index in [-0.39, 0.29) is 11.6 Å². The van der Waals surface area contributed by atoms with Gasteiger partial charge in [-0.15, -0.1) is 0 Å². The summed E-state index contributed by atoms with van der Waals surface area (Å²) in [5.74, 6) is 0.934. The van der Waals surface area contributed by atoms with Crippen LogP contribution >= 0.6 is 0 Å². The summed E-state index contributed by atoms with van der Waals surface area (Å²) in [7, 11) is 3.08. The Morgan fingerprint density at radius 3 is 2.38 bits per heavy atom. The van der Waals surface area contributed by atoms with Gasteiger partial charge in [-0.1, -0.05) is 18.2 Å². The minimum Gasteiger partial charge on any atom is -0.755 e. The highest BCUT2D eigenvalue weighted by Gasteiger charge is 2.30. The fraction of sp³-hybridized carbons (Fsp3) is 0.222. The van der Waals surface area contributed by atoms with Crippen LogP contribution in [0.2, 0.25) is 0 Å². The Kier molecular flexibility index (Phi) is 7.48. The van der Waals surface area contributed by atoms with Gasteiger partial charge in [-0.3, -0.25) is 13.3 Å². The number of nitrogens with one attached hydrogen (secondary N) is 1. The number of amides is 1. The second kappa shape index (κ2) is 11.1. The van der Waals surface area contributed by atoms with Gasteiger partial charge in [0.15, 0.2) is 11.6 Å². The maximum atomic E-state index is 12.7. The summed E-state index contributed by atoms with van der Waals surface area (Å²) < 4.78 is 37.3. The summed E-state index contributed by atoms with van der Waals surface area (Å²) in [4.78, 5) is 23.3. The minimum absolute atomic E-state index is 0.0637. The molecule has 0 radical (unpaired) electrons. The molecule has 1 fully saturated rings. The number of hydrogen-bond acceptors (Lipinski definition) is 9. The van der Waals surface area contributed by atoms with Crippen LogP contribution in [0.5, 0.6) is 11.5 Å². The number of carbonyl (C=O) groups is 1. The lowest BCUT2D eigenvalue weighted by atomic mass is 10.2. The third kappa shape index (κ3) is 5.42. The number of benzene rings is 3. The van der Waals surface area contributed by atoms with Crippen LogP contribution in [0.15, 0.2) is 66.7 Å². The summed E-state index contributed by atoms with van der Waals surface area (Å²) in [5.41, 5.74) is 8.28. The molecule has 1 amide bonds. The molecule has 2 heterocycles. The first kappa shape index (κ1) is 26.2. The van der Waals surface area contributed by atoms with Crippen LogP contribution in [-0.4, -0.2) is 51.4 Å². The number of nitrogens with two attached hydrogens (primary N) is 1. The Hall–Kier alpha value is -4.42. The number of nitrogens with zero attached hydrogens (tertiary/aromatic N) is 4. The van der Waals surface area contributed by atoms with Crippen LogP contribution in [0.25, 0.3) is 11.0 Å². The Bertz CT molecular complexity index is 1530. The first-order chi connectivity index (χ1) is 18.9. The molecule has 1 unspecified atom stereocenters. The Balaban J connectivity index is 1.63. The zero-order valence-electron chi connectivity index (χ0n) is 21.4. The third-order valence-electron chi connectivity index (χ3n) is 6.48. The normalized spacial score (nSPS) is 15.7. The zero-order chi connectivity index (χ0) is 27.5. The first-order valence-corrected chi connectivity index (χ1v) is 13.2. The van der Waals surface area contributed by atoms with Crippen molar-refractivity contribution in [1.82, 2.24) is 9.97 Å². The van der Waals surface area contributed by atoms with Crippen molar-refractivity contribution >= 4 is 56.9 Å². The minimum atomic E-state index is -2.77. The molecule has 0 bridgehead atoms. The molecule has 202 valence electrons. The first-order valence-electron chi connectivity index (χ1n) is 12.2. The number of methoxy groups -OCH3 is 2. The van der Waals surface area contributed by atoms with E-state index in [1.807, 2.05) is 17.0 Å². The van der Waals surface area contributed by atoms with E-state index in [4.69, 9.17) is 20.2 Å². The van der Waals surface area contributed by atoms with Crippen molar-refractivity contribution in [3.8, 4) is 11.5 Å². The van der Waals surface area contributed by atoms with E-state index < -0.39 is 23.2 Å². The van der Waals surface area contributed by atoms with E-state index in [2.05, 4.69) is 10.3 Å². The molecular weight excluding hydrogens is 520 g/mol. The number of hydrogen-bond donors (Lipinski definition) is 2. The van der Waals surface area contributed by atoms with Gasteiger partial charge < -0.3 is 30.0 Å². The second-order valence-corrected chi connectivity index (χ2v) is 9.70. The highest BCUT2D eigenvalue weighted by atomic mass is 32.2. The Morgan fingerprint density at radius 1 is 1.05 bits per heavy atom. The molecule has 1 aliphatic heterocycles. The van der Waals surface area contributed by atoms with E-state index in [1.54, 1.807) is 54.6 Å². The SMILES string of the molecule is COc1cc(Nc2nc3ccccc3nc2N(c2cccc(N3CCC[C@H]3C(N)=O)c2)S(=O)[O-])cc(OC)c1. The van der Waals surface area contributed by atoms with Crippen molar-refractivity contribution in [3.63, 3.8) is 0 Å². The van der Waals surface area contributed by atoms with Crippen molar-refractivity contribution in [2.75, 3.05) is 35.3 Å². The molecule has 39 heavy (non-hydrogen) atoms. The molecule has 11 nitrogen and oxygen atoms in total. The van der Waals surface area contributed by atoms with E-state index in [9.17, 15) is 13.6 Å². The number of para-hydroxylation sites is 2. The highest BCUT2D eigenvalue weighted by molar-refractivity contribution is 7.81. The van der Waals surface area contributed by atoms with Crippen molar-refractivity contribution in [3.05, 3.63) is 66.7 Å². The molecule has 3 aromatic carbocycles. The molecule has 4 aromatic rings. The van der Waals surface area contributed by atoms with Crippen LogP contribution in [0.1, 0.15) is 12.8 Å². The van der Waals surface area contributed by atoms with Gasteiger partial charge >= 0.3 is 0 Å². The molecule has 2 atom stereocenters. The molecule has 1 saturated heterocycles. The van der Waals surface area contributed by atoms with Crippen molar-refractivity contribution in [1.29, 1.82) is 0 Å². The van der Waals surface area contributed by atoms with Gasteiger partial charge in [0.1, 0.15) is 17.5 Å². The average molecular weight is 548 g/mol. The second-order valence-electron chi connectivity index (χ2n) is 8.90. The molecule has 1 aliphatic rings. The molecule has 0 saturated carbocycles. The van der Waals surface area contributed by atoms with Gasteiger partial charge in [0.05, 0.1) is 42.2 Å². The van der Waals surface area contributed by atoms with Crippen LogP contribution in [-0.2, 0) is 16.1 Å². The molecule has 1 aromatic heterocycles. The Labute approximate surface area is 228 Å². The zero-order valence-corrected chi connectivity index (χ0v) is 22.2.